The molecule has 1 N–H and O–H groups in total. The van der Waals surface area contributed by atoms with Crippen molar-refractivity contribution >= 4 is 49.5 Å². The first-order valence-electron chi connectivity index (χ1n) is 7.04. The Morgan fingerprint density at radius 3 is 2.83 bits per heavy atom. The molecule has 0 fully saturated rings. The molecule has 0 aliphatic heterocycles. The highest BCUT2D eigenvalue weighted by Gasteiger charge is 2.17. The van der Waals surface area contributed by atoms with E-state index >= 15 is 0 Å². The fraction of sp³-hybridized carbons (Fsp3) is 0.250. The molecule has 7 heteroatoms. The topological polar surface area (TPSA) is 67.2 Å². The third kappa shape index (κ3) is 4.26. The highest BCUT2D eigenvalue weighted by molar-refractivity contribution is 14.1. The molecule has 0 saturated carbocycles. The number of halogens is 2. The van der Waals surface area contributed by atoms with Gasteiger partial charge in [0.15, 0.2) is 0 Å². The zero-order valence-corrected chi connectivity index (χ0v) is 15.9. The first-order chi connectivity index (χ1) is 10.9. The van der Waals surface area contributed by atoms with E-state index in [0.29, 0.717) is 38.1 Å². The Hall–Kier alpha value is -1.54. The van der Waals surface area contributed by atoms with Crippen LogP contribution in [-0.4, -0.2) is 26.1 Å². The molecule has 2 aromatic rings. The molecule has 0 unspecified atom stereocenters. The number of hydrogen-bond donors (Lipinski definition) is 1. The summed E-state index contributed by atoms with van der Waals surface area (Å²) in [5.74, 6) is -0.232. The van der Waals surface area contributed by atoms with Crippen LogP contribution in [0.25, 0.3) is 0 Å². The van der Waals surface area contributed by atoms with Gasteiger partial charge in [-0.2, -0.15) is 0 Å². The van der Waals surface area contributed by atoms with Crippen LogP contribution in [0.2, 0.25) is 5.15 Å². The second kappa shape index (κ2) is 7.83. The van der Waals surface area contributed by atoms with Crippen LogP contribution >= 0.6 is 34.2 Å². The summed E-state index contributed by atoms with van der Waals surface area (Å²) < 4.78 is 0.703. The van der Waals surface area contributed by atoms with Crippen molar-refractivity contribution < 1.29 is 4.79 Å². The van der Waals surface area contributed by atoms with E-state index in [-0.39, 0.29) is 5.91 Å². The molecular weight excluding hydrogens is 427 g/mol. The highest BCUT2D eigenvalue weighted by atomic mass is 127. The van der Waals surface area contributed by atoms with Crippen molar-refractivity contribution in [3.8, 4) is 0 Å². The zero-order chi connectivity index (χ0) is 17.0. The summed E-state index contributed by atoms with van der Waals surface area (Å²) >= 11 is 8.15. The fourth-order valence-corrected chi connectivity index (χ4v) is 3.04. The lowest BCUT2D eigenvalue weighted by molar-refractivity contribution is 0.102. The summed E-state index contributed by atoms with van der Waals surface area (Å²) in [6.45, 7) is 6.23. The molecule has 0 aromatic carbocycles. The minimum atomic E-state index is -0.232. The van der Waals surface area contributed by atoms with Crippen LogP contribution in [0.15, 0.2) is 29.4 Å². The van der Waals surface area contributed by atoms with Gasteiger partial charge in [-0.1, -0.05) is 11.6 Å². The Morgan fingerprint density at radius 1 is 1.43 bits per heavy atom. The molecule has 0 atom stereocenters. The van der Waals surface area contributed by atoms with Crippen LogP contribution in [0.5, 0.6) is 0 Å². The molecule has 0 bridgehead atoms. The van der Waals surface area contributed by atoms with Gasteiger partial charge in [-0.25, -0.2) is 4.98 Å². The van der Waals surface area contributed by atoms with E-state index in [2.05, 4.69) is 42.9 Å². The van der Waals surface area contributed by atoms with Crippen LogP contribution in [0.1, 0.15) is 34.2 Å². The molecule has 1 amide bonds. The molecule has 0 aliphatic carbocycles. The lowest BCUT2D eigenvalue weighted by Crippen LogP contribution is -2.17. The van der Waals surface area contributed by atoms with Gasteiger partial charge < -0.3 is 5.32 Å². The number of aromatic nitrogens is 2. The van der Waals surface area contributed by atoms with Crippen molar-refractivity contribution in [2.24, 2.45) is 4.99 Å². The molecule has 2 rings (SSSR count). The van der Waals surface area contributed by atoms with Gasteiger partial charge in [-0.3, -0.25) is 14.8 Å². The Balaban J connectivity index is 2.45. The predicted molar refractivity (Wildman–Crippen MR) is 102 cm³/mol. The maximum Gasteiger partial charge on any atom is 0.257 e. The van der Waals surface area contributed by atoms with E-state index in [1.54, 1.807) is 31.3 Å². The van der Waals surface area contributed by atoms with E-state index < -0.39 is 0 Å². The number of rotatable bonds is 4. The minimum absolute atomic E-state index is 0.232. The van der Waals surface area contributed by atoms with Gasteiger partial charge in [0.2, 0.25) is 0 Å². The van der Waals surface area contributed by atoms with Crippen molar-refractivity contribution in [2.75, 3.05) is 11.9 Å². The average Bonchev–Trinajstić information content (AvgIpc) is 2.50. The van der Waals surface area contributed by atoms with Crippen LogP contribution in [0.3, 0.4) is 0 Å². The van der Waals surface area contributed by atoms with E-state index in [1.165, 1.54) is 0 Å². The lowest BCUT2D eigenvalue weighted by Gasteiger charge is -2.14. The van der Waals surface area contributed by atoms with Crippen molar-refractivity contribution in [2.45, 2.75) is 20.8 Å². The number of amides is 1. The van der Waals surface area contributed by atoms with E-state index in [9.17, 15) is 4.79 Å². The Kier molecular flexibility index (Phi) is 6.06. The number of nitrogens with one attached hydrogen (secondary N) is 1. The number of anilines is 1. The lowest BCUT2D eigenvalue weighted by atomic mass is 10.1. The van der Waals surface area contributed by atoms with Gasteiger partial charge in [0, 0.05) is 18.4 Å². The Bertz CT molecular complexity index is 777. The van der Waals surface area contributed by atoms with E-state index in [0.717, 1.165) is 5.56 Å². The monoisotopic (exact) mass is 442 g/mol. The number of nitrogens with zero attached hydrogens (tertiary/aromatic N) is 3. The first kappa shape index (κ1) is 17.8. The molecule has 0 radical (unpaired) electrons. The second-order valence-corrected chi connectivity index (χ2v) is 6.25. The highest BCUT2D eigenvalue weighted by Crippen LogP contribution is 2.26. The van der Waals surface area contributed by atoms with Gasteiger partial charge in [-0.15, -0.1) is 0 Å². The predicted octanol–water partition coefficient (Wildman–Crippen LogP) is 4.20. The normalized spacial score (nSPS) is 11.4. The quantitative estimate of drug-likeness (QED) is 0.438. The van der Waals surface area contributed by atoms with Crippen molar-refractivity contribution in [3.63, 3.8) is 0 Å². The summed E-state index contributed by atoms with van der Waals surface area (Å²) in [6.07, 6.45) is 1.66. The van der Waals surface area contributed by atoms with Crippen LogP contribution in [0, 0.1) is 13.8 Å². The average molecular weight is 443 g/mol. The Labute approximate surface area is 153 Å². The molecule has 5 nitrogen and oxygen atoms in total. The summed E-state index contributed by atoms with van der Waals surface area (Å²) in [6, 6.07) is 5.19. The molecular formula is C16H16ClIN4O. The fourth-order valence-electron chi connectivity index (χ4n) is 2.06. The second-order valence-electron chi connectivity index (χ2n) is 4.84. The Morgan fingerprint density at radius 2 is 2.17 bits per heavy atom. The van der Waals surface area contributed by atoms with Gasteiger partial charge in [0.1, 0.15) is 14.6 Å². The number of aliphatic imine (C=N–C) groups is 1. The largest absolute Gasteiger partial charge is 0.320 e. The number of aryl methyl sites for hydroxylation is 2. The molecule has 23 heavy (non-hydrogen) atoms. The van der Waals surface area contributed by atoms with Gasteiger partial charge >= 0.3 is 0 Å². The molecule has 2 aromatic heterocycles. The molecule has 0 spiro atoms. The van der Waals surface area contributed by atoms with Gasteiger partial charge in [0.25, 0.3) is 5.91 Å². The number of hydrogen-bond acceptors (Lipinski definition) is 4. The molecule has 120 valence electrons. The maximum atomic E-state index is 12.6. The SMILES string of the molecule is CCN=C(I)c1nc(Cl)cc(C)c1NC(=O)c1cccnc1C. The minimum Gasteiger partial charge on any atom is -0.320 e. The van der Waals surface area contributed by atoms with Crippen LogP contribution in [-0.2, 0) is 0 Å². The molecule has 0 aliphatic rings. The first-order valence-corrected chi connectivity index (χ1v) is 8.50. The molecule has 2 heterocycles. The maximum absolute atomic E-state index is 12.6. The smallest absolute Gasteiger partial charge is 0.257 e. The third-order valence-corrected chi connectivity index (χ3v) is 4.21. The summed E-state index contributed by atoms with van der Waals surface area (Å²) in [4.78, 5) is 25.4. The standard InChI is InChI=1S/C16H16ClIN4O/c1-4-19-15(18)14-13(9(2)8-12(17)21-14)22-16(23)11-6-5-7-20-10(11)3/h5-8H,4H2,1-3H3,(H,22,23). The summed E-state index contributed by atoms with van der Waals surface area (Å²) in [5.41, 5.74) is 3.21. The molecule has 0 saturated heterocycles. The third-order valence-electron chi connectivity index (χ3n) is 3.17. The zero-order valence-electron chi connectivity index (χ0n) is 13.0. The van der Waals surface area contributed by atoms with E-state index in [1.807, 2.05) is 13.8 Å². The van der Waals surface area contributed by atoms with E-state index in [4.69, 9.17) is 11.6 Å². The van der Waals surface area contributed by atoms with Crippen molar-refractivity contribution in [3.05, 3.63) is 52.1 Å². The van der Waals surface area contributed by atoms with Gasteiger partial charge in [0.05, 0.1) is 11.3 Å². The number of carbonyl (C=O) groups excluding carboxylic acids is 1. The summed E-state index contributed by atoms with van der Waals surface area (Å²) in [7, 11) is 0. The van der Waals surface area contributed by atoms with Crippen molar-refractivity contribution in [1.29, 1.82) is 0 Å². The number of carbonyl (C=O) groups is 1. The number of pyridine rings is 2. The summed E-state index contributed by atoms with van der Waals surface area (Å²) in [5, 5.41) is 3.29. The van der Waals surface area contributed by atoms with Crippen LogP contribution < -0.4 is 5.32 Å². The van der Waals surface area contributed by atoms with Crippen molar-refractivity contribution in [1.82, 2.24) is 9.97 Å². The van der Waals surface area contributed by atoms with Crippen LogP contribution in [0.4, 0.5) is 5.69 Å². The van der Waals surface area contributed by atoms with Gasteiger partial charge in [-0.05, 0) is 67.1 Å².